The molecule has 1 atom stereocenters. The number of amidine groups is 1. The summed E-state index contributed by atoms with van der Waals surface area (Å²) >= 11 is 0. The first-order valence-corrected chi connectivity index (χ1v) is 6.82. The summed E-state index contributed by atoms with van der Waals surface area (Å²) in [5, 5.41) is 11.8. The van der Waals surface area contributed by atoms with E-state index in [4.69, 9.17) is 20.4 Å². The molecule has 0 aliphatic rings. The van der Waals surface area contributed by atoms with Crippen molar-refractivity contribution in [1.29, 1.82) is 0 Å². The smallest absolute Gasteiger partial charge is 0.183 e. The molecule has 118 valence electrons. The van der Waals surface area contributed by atoms with Gasteiger partial charge in [-0.15, -0.1) is 0 Å². The van der Waals surface area contributed by atoms with Gasteiger partial charge in [0.2, 0.25) is 0 Å². The molecule has 0 aliphatic heterocycles. The molecule has 1 aromatic rings. The molecule has 1 heterocycles. The molecular formula is C14H24N4O3. The second-order valence-corrected chi connectivity index (χ2v) is 4.75. The van der Waals surface area contributed by atoms with E-state index in [9.17, 15) is 0 Å². The van der Waals surface area contributed by atoms with Gasteiger partial charge in [-0.1, -0.05) is 19.0 Å². The Kier molecular flexibility index (Phi) is 6.74. The highest BCUT2D eigenvalue weighted by Gasteiger charge is 2.17. The Morgan fingerprint density at radius 2 is 2.19 bits per heavy atom. The van der Waals surface area contributed by atoms with E-state index in [0.717, 1.165) is 12.2 Å². The third-order valence-electron chi connectivity index (χ3n) is 3.34. The monoisotopic (exact) mass is 296 g/mol. The van der Waals surface area contributed by atoms with Crippen molar-refractivity contribution in [1.82, 2.24) is 9.88 Å². The Hall–Kier alpha value is -2.02. The van der Waals surface area contributed by atoms with Crippen molar-refractivity contribution in [2.24, 2.45) is 16.8 Å². The second-order valence-electron chi connectivity index (χ2n) is 4.75. The fraction of sp³-hybridized carbons (Fsp3) is 0.571. The van der Waals surface area contributed by atoms with E-state index in [1.54, 1.807) is 26.5 Å². The molecule has 0 amide bonds. The predicted molar refractivity (Wildman–Crippen MR) is 80.9 cm³/mol. The molecule has 1 rings (SSSR count). The van der Waals surface area contributed by atoms with Crippen LogP contribution in [-0.2, 0) is 6.54 Å². The third-order valence-corrected chi connectivity index (χ3v) is 3.34. The molecule has 21 heavy (non-hydrogen) atoms. The van der Waals surface area contributed by atoms with E-state index < -0.39 is 0 Å². The highest BCUT2D eigenvalue weighted by atomic mass is 16.5. The number of ether oxygens (including phenoxy) is 2. The molecule has 1 aromatic heterocycles. The van der Waals surface area contributed by atoms with Gasteiger partial charge in [0.05, 0.1) is 14.2 Å². The first-order chi connectivity index (χ1) is 10.1. The summed E-state index contributed by atoms with van der Waals surface area (Å²) in [7, 11) is 3.19. The molecule has 0 spiro atoms. The lowest BCUT2D eigenvalue weighted by Crippen LogP contribution is -2.34. The van der Waals surface area contributed by atoms with Crippen LogP contribution in [0.4, 0.5) is 0 Å². The number of nitrogens with zero attached hydrogens (tertiary/aromatic N) is 3. The Labute approximate surface area is 125 Å². The third kappa shape index (κ3) is 4.49. The first kappa shape index (κ1) is 17.0. The lowest BCUT2D eigenvalue weighted by Gasteiger charge is -2.24. The lowest BCUT2D eigenvalue weighted by molar-refractivity contribution is 0.249. The fourth-order valence-electron chi connectivity index (χ4n) is 2.06. The van der Waals surface area contributed by atoms with E-state index in [1.165, 1.54) is 0 Å². The van der Waals surface area contributed by atoms with Crippen molar-refractivity contribution >= 4 is 5.84 Å². The minimum atomic E-state index is -0.0495. The number of oxime groups is 1. The van der Waals surface area contributed by atoms with Gasteiger partial charge < -0.3 is 20.4 Å². The van der Waals surface area contributed by atoms with Crippen LogP contribution in [0.3, 0.4) is 0 Å². The minimum Gasteiger partial charge on any atom is -0.493 e. The first-order valence-electron chi connectivity index (χ1n) is 6.82. The molecule has 0 fully saturated rings. The van der Waals surface area contributed by atoms with Gasteiger partial charge in [-0.25, -0.2) is 0 Å². The van der Waals surface area contributed by atoms with Crippen LogP contribution >= 0.6 is 0 Å². The number of rotatable bonds is 8. The summed E-state index contributed by atoms with van der Waals surface area (Å²) < 4.78 is 10.7. The normalized spacial score (nSPS) is 13.3. The average molecular weight is 296 g/mol. The second kappa shape index (κ2) is 8.31. The van der Waals surface area contributed by atoms with Crippen molar-refractivity contribution in [2.75, 3.05) is 27.3 Å². The summed E-state index contributed by atoms with van der Waals surface area (Å²) in [6.07, 6.45) is 1.69. The summed E-state index contributed by atoms with van der Waals surface area (Å²) in [6, 6.07) is 1.76. The van der Waals surface area contributed by atoms with Crippen molar-refractivity contribution in [3.05, 3.63) is 18.0 Å². The average Bonchev–Trinajstić information content (AvgIpc) is 2.52. The molecule has 1 unspecified atom stereocenters. The van der Waals surface area contributed by atoms with Crippen LogP contribution < -0.4 is 15.2 Å². The van der Waals surface area contributed by atoms with E-state index in [-0.39, 0.29) is 11.8 Å². The van der Waals surface area contributed by atoms with E-state index in [2.05, 4.69) is 15.0 Å². The van der Waals surface area contributed by atoms with Gasteiger partial charge >= 0.3 is 0 Å². The Morgan fingerprint density at radius 3 is 2.71 bits per heavy atom. The van der Waals surface area contributed by atoms with Gasteiger partial charge in [0.25, 0.3) is 0 Å². The number of hydrogen-bond acceptors (Lipinski definition) is 6. The Balaban J connectivity index is 2.87. The molecule has 0 radical (unpaired) electrons. The van der Waals surface area contributed by atoms with Crippen LogP contribution in [0.5, 0.6) is 11.5 Å². The maximum absolute atomic E-state index is 8.73. The van der Waals surface area contributed by atoms with Gasteiger partial charge in [-0.05, 0) is 6.54 Å². The summed E-state index contributed by atoms with van der Waals surface area (Å²) in [5.74, 6) is 1.46. The standard InChI is InChI=1S/C14H24N4O3/c1-5-18(8-10(2)14(15)17-19)9-11-13(21-4)12(20-3)6-7-16-11/h6-7,10,19H,5,8-9H2,1-4H3,(H2,15,17). The molecular weight excluding hydrogens is 272 g/mol. The summed E-state index contributed by atoms with van der Waals surface area (Å²) in [4.78, 5) is 6.51. The van der Waals surface area contributed by atoms with Crippen LogP contribution in [-0.4, -0.2) is 48.2 Å². The zero-order chi connectivity index (χ0) is 15.8. The zero-order valence-corrected chi connectivity index (χ0v) is 13.0. The van der Waals surface area contributed by atoms with Crippen molar-refractivity contribution in [3.8, 4) is 11.5 Å². The minimum absolute atomic E-state index is 0.0495. The van der Waals surface area contributed by atoms with Gasteiger partial charge in [-0.2, -0.15) is 0 Å². The van der Waals surface area contributed by atoms with Crippen LogP contribution in [0.2, 0.25) is 0 Å². The molecule has 0 aliphatic carbocycles. The van der Waals surface area contributed by atoms with Gasteiger partial charge in [-0.3, -0.25) is 9.88 Å². The number of aromatic nitrogens is 1. The lowest BCUT2D eigenvalue weighted by atomic mass is 10.1. The largest absolute Gasteiger partial charge is 0.493 e. The number of nitrogens with two attached hydrogens (primary N) is 1. The van der Waals surface area contributed by atoms with Gasteiger partial charge in [0.15, 0.2) is 11.5 Å². The Morgan fingerprint density at radius 1 is 1.48 bits per heavy atom. The van der Waals surface area contributed by atoms with Crippen LogP contribution in [0.25, 0.3) is 0 Å². The maximum atomic E-state index is 8.73. The quantitative estimate of drug-likeness (QED) is 0.325. The van der Waals surface area contributed by atoms with Gasteiger partial charge in [0, 0.05) is 31.3 Å². The SMILES string of the molecule is CCN(Cc1nccc(OC)c1OC)CC(C)/C(N)=N/O. The molecule has 7 nitrogen and oxygen atoms in total. The molecule has 7 heteroatoms. The van der Waals surface area contributed by atoms with Crippen molar-refractivity contribution in [2.45, 2.75) is 20.4 Å². The Bertz CT molecular complexity index is 479. The van der Waals surface area contributed by atoms with E-state index in [0.29, 0.717) is 24.6 Å². The number of pyridine rings is 1. The van der Waals surface area contributed by atoms with Gasteiger partial charge in [0.1, 0.15) is 11.5 Å². The molecule has 0 saturated carbocycles. The van der Waals surface area contributed by atoms with Crippen molar-refractivity contribution in [3.63, 3.8) is 0 Å². The number of methoxy groups -OCH3 is 2. The maximum Gasteiger partial charge on any atom is 0.183 e. The van der Waals surface area contributed by atoms with E-state index in [1.807, 2.05) is 13.8 Å². The van der Waals surface area contributed by atoms with Crippen molar-refractivity contribution < 1.29 is 14.7 Å². The number of hydrogen-bond donors (Lipinski definition) is 2. The molecule has 0 aromatic carbocycles. The predicted octanol–water partition coefficient (Wildman–Crippen LogP) is 1.30. The zero-order valence-electron chi connectivity index (χ0n) is 13.0. The van der Waals surface area contributed by atoms with E-state index >= 15 is 0 Å². The fourth-order valence-corrected chi connectivity index (χ4v) is 2.06. The molecule has 0 saturated heterocycles. The topological polar surface area (TPSA) is 93.2 Å². The van der Waals surface area contributed by atoms with Crippen LogP contribution in [0.1, 0.15) is 19.5 Å². The summed E-state index contributed by atoms with van der Waals surface area (Å²) in [5.41, 5.74) is 6.42. The summed E-state index contributed by atoms with van der Waals surface area (Å²) in [6.45, 7) is 6.03. The molecule has 3 N–H and O–H groups in total. The molecule has 0 bridgehead atoms. The highest BCUT2D eigenvalue weighted by Crippen LogP contribution is 2.29. The highest BCUT2D eigenvalue weighted by molar-refractivity contribution is 5.82. The van der Waals surface area contributed by atoms with Crippen LogP contribution in [0, 0.1) is 5.92 Å². The van der Waals surface area contributed by atoms with Crippen LogP contribution in [0.15, 0.2) is 17.4 Å².